The summed E-state index contributed by atoms with van der Waals surface area (Å²) in [6, 6.07) is 10.0. The molecule has 0 bridgehead atoms. The topological polar surface area (TPSA) is 78.2 Å². The van der Waals surface area contributed by atoms with Crippen LogP contribution in [0.5, 0.6) is 6.01 Å². The summed E-state index contributed by atoms with van der Waals surface area (Å²) in [7, 11) is 3.52. The highest BCUT2D eigenvalue weighted by molar-refractivity contribution is 5.41. The molecule has 1 aromatic carbocycles. The Labute approximate surface area is 154 Å². The van der Waals surface area contributed by atoms with E-state index in [1.165, 1.54) is 12.8 Å². The molecular formula is C19H24N6O. The molecular weight excluding hydrogens is 328 g/mol. The molecule has 1 saturated heterocycles. The van der Waals surface area contributed by atoms with E-state index >= 15 is 0 Å². The van der Waals surface area contributed by atoms with Crippen molar-refractivity contribution in [3.63, 3.8) is 0 Å². The average Bonchev–Trinajstić information content (AvgIpc) is 2.97. The highest BCUT2D eigenvalue weighted by Crippen LogP contribution is 2.21. The molecule has 0 aliphatic carbocycles. The third-order valence-electron chi connectivity index (χ3n) is 4.51. The Morgan fingerprint density at radius 2 is 1.77 bits per heavy atom. The van der Waals surface area contributed by atoms with Gasteiger partial charge >= 0.3 is 6.01 Å². The molecule has 7 nitrogen and oxygen atoms in total. The van der Waals surface area contributed by atoms with Crippen molar-refractivity contribution in [2.24, 2.45) is 0 Å². The van der Waals surface area contributed by atoms with Crippen molar-refractivity contribution in [3.05, 3.63) is 35.4 Å². The molecule has 0 N–H and O–H groups in total. The highest BCUT2D eigenvalue weighted by atomic mass is 16.5. The van der Waals surface area contributed by atoms with Gasteiger partial charge in [0, 0.05) is 26.7 Å². The molecule has 0 unspecified atom stereocenters. The van der Waals surface area contributed by atoms with E-state index in [0.29, 0.717) is 30.0 Å². The molecule has 0 radical (unpaired) electrons. The van der Waals surface area contributed by atoms with Crippen molar-refractivity contribution in [2.45, 2.75) is 32.2 Å². The summed E-state index contributed by atoms with van der Waals surface area (Å²) in [5, 5.41) is 8.91. The smallest absolute Gasteiger partial charge is 0.322 e. The quantitative estimate of drug-likeness (QED) is 0.818. The lowest BCUT2D eigenvalue weighted by molar-refractivity contribution is 0.378. The van der Waals surface area contributed by atoms with E-state index in [2.05, 4.69) is 25.9 Å². The zero-order valence-corrected chi connectivity index (χ0v) is 15.4. The Morgan fingerprint density at radius 3 is 2.38 bits per heavy atom. The highest BCUT2D eigenvalue weighted by Gasteiger charge is 2.17. The number of rotatable bonds is 5. The first-order valence-electron chi connectivity index (χ1n) is 8.95. The number of ether oxygens (including phenoxy) is 1. The number of aromatic nitrogens is 3. The van der Waals surface area contributed by atoms with Crippen molar-refractivity contribution in [2.75, 3.05) is 37.0 Å². The second-order valence-electron chi connectivity index (χ2n) is 6.49. The van der Waals surface area contributed by atoms with E-state index in [0.717, 1.165) is 31.5 Å². The summed E-state index contributed by atoms with van der Waals surface area (Å²) in [6.45, 7) is 2.57. The molecule has 136 valence electrons. The first-order valence-corrected chi connectivity index (χ1v) is 8.95. The maximum atomic E-state index is 8.91. The van der Waals surface area contributed by atoms with Crippen LogP contribution in [0.1, 0.15) is 36.8 Å². The van der Waals surface area contributed by atoms with Crippen molar-refractivity contribution >= 4 is 11.9 Å². The Kier molecular flexibility index (Phi) is 5.84. The Bertz CT molecular complexity index is 763. The molecule has 0 spiro atoms. The number of nitrogens with zero attached hydrogens (tertiary/aromatic N) is 6. The molecule has 1 aliphatic rings. The van der Waals surface area contributed by atoms with Gasteiger partial charge < -0.3 is 14.5 Å². The van der Waals surface area contributed by atoms with Gasteiger partial charge in [-0.25, -0.2) is 0 Å². The van der Waals surface area contributed by atoms with E-state index in [9.17, 15) is 0 Å². The maximum Gasteiger partial charge on any atom is 0.322 e. The predicted molar refractivity (Wildman–Crippen MR) is 100 cm³/mol. The third kappa shape index (κ3) is 4.39. The molecule has 1 aromatic heterocycles. The molecule has 3 rings (SSSR count). The maximum absolute atomic E-state index is 8.91. The van der Waals surface area contributed by atoms with Gasteiger partial charge in [0.2, 0.25) is 11.9 Å². The lowest BCUT2D eigenvalue weighted by Gasteiger charge is -2.23. The fraction of sp³-hybridized carbons (Fsp3) is 0.474. The molecule has 2 aromatic rings. The SMILES string of the molecule is COc1nc(N(C)Cc2ccc(C#N)cc2)nc(N2CCCCCC2)n1. The fourth-order valence-electron chi connectivity index (χ4n) is 3.04. The van der Waals surface area contributed by atoms with Crippen LogP contribution in [0, 0.1) is 11.3 Å². The largest absolute Gasteiger partial charge is 0.467 e. The lowest BCUT2D eigenvalue weighted by Crippen LogP contribution is -2.28. The number of hydrogen-bond acceptors (Lipinski definition) is 7. The number of hydrogen-bond donors (Lipinski definition) is 0. The molecule has 0 saturated carbocycles. The first-order chi connectivity index (χ1) is 12.7. The average molecular weight is 352 g/mol. The monoisotopic (exact) mass is 352 g/mol. The van der Waals surface area contributed by atoms with Crippen LogP contribution in [-0.2, 0) is 6.54 Å². The van der Waals surface area contributed by atoms with Gasteiger partial charge in [0.05, 0.1) is 18.7 Å². The van der Waals surface area contributed by atoms with Crippen molar-refractivity contribution in [3.8, 4) is 12.1 Å². The number of benzene rings is 1. The molecule has 0 atom stereocenters. The fourth-order valence-corrected chi connectivity index (χ4v) is 3.04. The van der Waals surface area contributed by atoms with Gasteiger partial charge in [-0.3, -0.25) is 0 Å². The van der Waals surface area contributed by atoms with E-state index in [4.69, 9.17) is 10.00 Å². The van der Waals surface area contributed by atoms with Gasteiger partial charge in [-0.1, -0.05) is 25.0 Å². The minimum Gasteiger partial charge on any atom is -0.467 e. The summed E-state index contributed by atoms with van der Waals surface area (Å²) in [5.41, 5.74) is 1.74. The van der Waals surface area contributed by atoms with Crippen LogP contribution >= 0.6 is 0 Å². The molecule has 7 heteroatoms. The van der Waals surface area contributed by atoms with Gasteiger partial charge in [0.1, 0.15) is 0 Å². The number of anilines is 2. The van der Waals surface area contributed by atoms with Crippen LogP contribution < -0.4 is 14.5 Å². The van der Waals surface area contributed by atoms with Gasteiger partial charge in [-0.15, -0.1) is 0 Å². The van der Waals surface area contributed by atoms with Crippen molar-refractivity contribution < 1.29 is 4.74 Å². The number of nitriles is 1. The van der Waals surface area contributed by atoms with E-state index < -0.39 is 0 Å². The van der Waals surface area contributed by atoms with E-state index in [1.807, 2.05) is 36.2 Å². The van der Waals surface area contributed by atoms with Crippen LogP contribution in [-0.4, -0.2) is 42.2 Å². The zero-order valence-electron chi connectivity index (χ0n) is 15.4. The standard InChI is InChI=1S/C19H24N6O/c1-24(14-16-9-7-15(13-20)8-10-16)17-21-18(23-19(22-17)26-2)25-11-5-3-4-6-12-25/h7-10H,3-6,11-12,14H2,1-2H3. The van der Waals surface area contributed by atoms with Crippen LogP contribution in [0.15, 0.2) is 24.3 Å². The van der Waals surface area contributed by atoms with Crippen molar-refractivity contribution in [1.29, 1.82) is 5.26 Å². The summed E-state index contributed by atoms with van der Waals surface area (Å²) in [4.78, 5) is 17.7. The van der Waals surface area contributed by atoms with E-state index in [1.54, 1.807) is 7.11 Å². The molecule has 2 heterocycles. The van der Waals surface area contributed by atoms with Crippen molar-refractivity contribution in [1.82, 2.24) is 15.0 Å². The molecule has 1 fully saturated rings. The number of methoxy groups -OCH3 is 1. The molecule has 1 aliphatic heterocycles. The van der Waals surface area contributed by atoms with Gasteiger partial charge in [0.25, 0.3) is 0 Å². The first kappa shape index (κ1) is 17.9. The predicted octanol–water partition coefficient (Wildman–Crippen LogP) is 2.77. The summed E-state index contributed by atoms with van der Waals surface area (Å²) < 4.78 is 5.30. The van der Waals surface area contributed by atoms with Crippen LogP contribution in [0.4, 0.5) is 11.9 Å². The second-order valence-corrected chi connectivity index (χ2v) is 6.49. The van der Waals surface area contributed by atoms with Gasteiger partial charge in [0.15, 0.2) is 0 Å². The minimum atomic E-state index is 0.334. The summed E-state index contributed by atoms with van der Waals surface area (Å²) >= 11 is 0. The van der Waals surface area contributed by atoms with Gasteiger partial charge in [-0.2, -0.15) is 20.2 Å². The second kappa shape index (κ2) is 8.48. The van der Waals surface area contributed by atoms with Crippen LogP contribution in [0.25, 0.3) is 0 Å². The Morgan fingerprint density at radius 1 is 1.08 bits per heavy atom. The molecule has 0 amide bonds. The zero-order chi connectivity index (χ0) is 18.4. The summed E-state index contributed by atoms with van der Waals surface area (Å²) in [6.07, 6.45) is 4.82. The molecule has 26 heavy (non-hydrogen) atoms. The van der Waals surface area contributed by atoms with E-state index in [-0.39, 0.29) is 0 Å². The lowest BCUT2D eigenvalue weighted by atomic mass is 10.1. The van der Waals surface area contributed by atoms with Gasteiger partial charge in [-0.05, 0) is 30.5 Å². The minimum absolute atomic E-state index is 0.334. The Hall–Kier alpha value is -2.88. The van der Waals surface area contributed by atoms with Crippen LogP contribution in [0.2, 0.25) is 0 Å². The Balaban J connectivity index is 1.80. The van der Waals surface area contributed by atoms with Crippen LogP contribution in [0.3, 0.4) is 0 Å². The normalized spacial score (nSPS) is 14.4. The third-order valence-corrected chi connectivity index (χ3v) is 4.51. The summed E-state index contributed by atoms with van der Waals surface area (Å²) in [5.74, 6) is 1.26.